The molecule has 0 N–H and O–H groups in total. The van der Waals surface area contributed by atoms with E-state index in [1.807, 2.05) is 0 Å². The van der Waals surface area contributed by atoms with E-state index >= 15 is 0 Å². The highest BCUT2D eigenvalue weighted by atomic mass is 19.4. The van der Waals surface area contributed by atoms with Gasteiger partial charge in [0.2, 0.25) is 0 Å². The van der Waals surface area contributed by atoms with Crippen molar-refractivity contribution in [1.29, 1.82) is 0 Å². The molecule has 0 bridgehead atoms. The molecule has 0 radical (unpaired) electrons. The van der Waals surface area contributed by atoms with E-state index in [0.29, 0.717) is 0 Å². The van der Waals surface area contributed by atoms with E-state index in [0.717, 1.165) is 6.20 Å². The first-order valence-corrected chi connectivity index (χ1v) is 5.02. The fraction of sp³-hybridized carbons (Fsp3) is 0.700. The van der Waals surface area contributed by atoms with E-state index in [2.05, 4.69) is 5.10 Å². The standard InChI is InChI=1S/C10H12F6N2/c1-8(2,3)6-4-18(5-9(11,12)13)17-7(6)10(14,15)16/h4H,5H2,1-3H3. The van der Waals surface area contributed by atoms with Crippen LogP contribution >= 0.6 is 0 Å². The van der Waals surface area contributed by atoms with Gasteiger partial charge in [-0.1, -0.05) is 20.8 Å². The molecule has 1 rings (SSSR count). The first-order chi connectivity index (χ1) is 7.81. The van der Waals surface area contributed by atoms with Crippen LogP contribution in [0.1, 0.15) is 32.0 Å². The number of hydrogen-bond acceptors (Lipinski definition) is 1. The number of nitrogens with zero attached hydrogens (tertiary/aromatic N) is 2. The maximum Gasteiger partial charge on any atom is 0.435 e. The average Bonchev–Trinajstić information content (AvgIpc) is 2.42. The smallest absolute Gasteiger partial charge is 0.263 e. The van der Waals surface area contributed by atoms with Crippen molar-refractivity contribution in [3.63, 3.8) is 0 Å². The summed E-state index contributed by atoms with van der Waals surface area (Å²) in [6.45, 7) is 2.91. The summed E-state index contributed by atoms with van der Waals surface area (Å²) in [6, 6.07) is 0. The highest BCUT2D eigenvalue weighted by Gasteiger charge is 2.41. The predicted molar refractivity (Wildman–Crippen MR) is 52.0 cm³/mol. The summed E-state index contributed by atoms with van der Waals surface area (Å²) < 4.78 is 74.7. The Balaban J connectivity index is 3.25. The molecule has 0 amide bonds. The molecule has 0 spiro atoms. The molecule has 104 valence electrons. The zero-order valence-corrected chi connectivity index (χ0v) is 9.95. The van der Waals surface area contributed by atoms with E-state index < -0.39 is 30.0 Å². The lowest BCUT2D eigenvalue weighted by atomic mass is 9.87. The van der Waals surface area contributed by atoms with Crippen molar-refractivity contribution in [2.75, 3.05) is 0 Å². The first-order valence-electron chi connectivity index (χ1n) is 5.02. The van der Waals surface area contributed by atoms with Crippen molar-refractivity contribution < 1.29 is 26.3 Å². The van der Waals surface area contributed by atoms with Gasteiger partial charge in [0, 0.05) is 11.8 Å². The summed E-state index contributed by atoms with van der Waals surface area (Å²) in [6.07, 6.45) is -8.57. The van der Waals surface area contributed by atoms with Crippen LogP contribution in [0, 0.1) is 0 Å². The SMILES string of the molecule is CC(C)(C)c1cn(CC(F)(F)F)nc1C(F)(F)F. The van der Waals surface area contributed by atoms with E-state index in [9.17, 15) is 26.3 Å². The van der Waals surface area contributed by atoms with Gasteiger partial charge in [0.25, 0.3) is 0 Å². The first kappa shape index (κ1) is 14.8. The fourth-order valence-electron chi connectivity index (χ4n) is 1.44. The quantitative estimate of drug-likeness (QED) is 0.713. The van der Waals surface area contributed by atoms with Crippen LogP contribution in [0.4, 0.5) is 26.3 Å². The minimum atomic E-state index is -4.76. The van der Waals surface area contributed by atoms with Gasteiger partial charge >= 0.3 is 12.4 Å². The Morgan fingerprint density at radius 1 is 1.06 bits per heavy atom. The van der Waals surface area contributed by atoms with Gasteiger partial charge in [0.1, 0.15) is 6.54 Å². The zero-order chi connectivity index (χ0) is 14.4. The second-order valence-electron chi connectivity index (χ2n) is 4.95. The maximum atomic E-state index is 12.7. The molecule has 0 aliphatic rings. The molecule has 0 fully saturated rings. The van der Waals surface area contributed by atoms with Crippen LogP contribution in [-0.4, -0.2) is 16.0 Å². The van der Waals surface area contributed by atoms with Gasteiger partial charge in [0.15, 0.2) is 5.69 Å². The van der Waals surface area contributed by atoms with Crippen molar-refractivity contribution in [3.05, 3.63) is 17.5 Å². The Bertz CT molecular complexity index is 390. The number of halogens is 6. The predicted octanol–water partition coefficient (Wildman–Crippen LogP) is 3.76. The Hall–Kier alpha value is -1.21. The number of rotatable bonds is 1. The maximum absolute atomic E-state index is 12.7. The molecular formula is C10H12F6N2. The third kappa shape index (κ3) is 3.64. The Kier molecular flexibility index (Phi) is 3.44. The molecule has 2 nitrogen and oxygen atoms in total. The molecule has 1 aromatic rings. The lowest BCUT2D eigenvalue weighted by molar-refractivity contribution is -0.149. The highest BCUT2D eigenvalue weighted by molar-refractivity contribution is 5.27. The van der Waals surface area contributed by atoms with Gasteiger partial charge in [-0.05, 0) is 5.41 Å². The van der Waals surface area contributed by atoms with Crippen LogP contribution in [0.15, 0.2) is 6.20 Å². The van der Waals surface area contributed by atoms with Crippen LogP contribution < -0.4 is 0 Å². The monoisotopic (exact) mass is 274 g/mol. The van der Waals surface area contributed by atoms with E-state index in [1.165, 1.54) is 20.8 Å². The molecule has 0 saturated heterocycles. The van der Waals surface area contributed by atoms with E-state index in [-0.39, 0.29) is 10.2 Å². The molecule has 0 aliphatic carbocycles. The largest absolute Gasteiger partial charge is 0.435 e. The lowest BCUT2D eigenvalue weighted by Gasteiger charge is -2.18. The summed E-state index contributed by atoms with van der Waals surface area (Å²) in [5, 5.41) is 3.00. The van der Waals surface area contributed by atoms with Crippen LogP contribution in [0.3, 0.4) is 0 Å². The molecule has 0 atom stereocenters. The molecule has 18 heavy (non-hydrogen) atoms. The van der Waals surface area contributed by atoms with Gasteiger partial charge in [-0.15, -0.1) is 0 Å². The van der Waals surface area contributed by atoms with Gasteiger partial charge in [-0.3, -0.25) is 4.68 Å². The Morgan fingerprint density at radius 2 is 1.56 bits per heavy atom. The topological polar surface area (TPSA) is 17.8 Å². The second-order valence-corrected chi connectivity index (χ2v) is 4.95. The van der Waals surface area contributed by atoms with Gasteiger partial charge in [-0.25, -0.2) is 0 Å². The minimum absolute atomic E-state index is 0.251. The van der Waals surface area contributed by atoms with Crippen LogP contribution in [0.5, 0.6) is 0 Å². The number of aromatic nitrogens is 2. The second kappa shape index (κ2) is 4.17. The zero-order valence-electron chi connectivity index (χ0n) is 9.95. The van der Waals surface area contributed by atoms with Crippen molar-refractivity contribution in [2.24, 2.45) is 0 Å². The fourth-order valence-corrected chi connectivity index (χ4v) is 1.44. The molecule has 0 saturated carbocycles. The third-order valence-electron chi connectivity index (χ3n) is 2.18. The van der Waals surface area contributed by atoms with Crippen molar-refractivity contribution >= 4 is 0 Å². The normalized spacial score (nSPS) is 14.1. The lowest BCUT2D eigenvalue weighted by Crippen LogP contribution is -2.19. The average molecular weight is 274 g/mol. The molecule has 1 aromatic heterocycles. The third-order valence-corrected chi connectivity index (χ3v) is 2.18. The van der Waals surface area contributed by atoms with Gasteiger partial charge in [-0.2, -0.15) is 31.4 Å². The van der Waals surface area contributed by atoms with E-state index in [1.54, 1.807) is 0 Å². The van der Waals surface area contributed by atoms with Gasteiger partial charge < -0.3 is 0 Å². The molecule has 0 aliphatic heterocycles. The molecule has 0 aromatic carbocycles. The number of hydrogen-bond donors (Lipinski definition) is 0. The summed E-state index contributed by atoms with van der Waals surface area (Å²) in [5.41, 5.74) is -2.45. The molecular weight excluding hydrogens is 262 g/mol. The van der Waals surface area contributed by atoms with Gasteiger partial charge in [0.05, 0.1) is 0 Å². The minimum Gasteiger partial charge on any atom is -0.263 e. The van der Waals surface area contributed by atoms with E-state index in [4.69, 9.17) is 0 Å². The summed E-state index contributed by atoms with van der Waals surface area (Å²) >= 11 is 0. The van der Waals surface area contributed by atoms with Crippen molar-refractivity contribution in [2.45, 2.75) is 45.1 Å². The van der Waals surface area contributed by atoms with Crippen LogP contribution in [-0.2, 0) is 18.1 Å². The summed E-state index contributed by atoms with van der Waals surface area (Å²) in [7, 11) is 0. The molecule has 8 heteroatoms. The Morgan fingerprint density at radius 3 is 1.83 bits per heavy atom. The highest BCUT2D eigenvalue weighted by Crippen LogP contribution is 2.36. The molecule has 1 heterocycles. The van der Waals surface area contributed by atoms with Crippen molar-refractivity contribution in [1.82, 2.24) is 9.78 Å². The summed E-state index contributed by atoms with van der Waals surface area (Å²) in [4.78, 5) is 0. The number of alkyl halides is 6. The summed E-state index contributed by atoms with van der Waals surface area (Å²) in [5.74, 6) is 0. The Labute approximate surface area is 99.6 Å². The van der Waals surface area contributed by atoms with Crippen molar-refractivity contribution in [3.8, 4) is 0 Å². The molecule has 0 unspecified atom stereocenters. The van der Waals surface area contributed by atoms with Crippen LogP contribution in [0.2, 0.25) is 0 Å². The van der Waals surface area contributed by atoms with Crippen LogP contribution in [0.25, 0.3) is 0 Å².